The molecule has 4 aromatic rings. The molecule has 4 rings (SSSR count). The van der Waals surface area contributed by atoms with E-state index >= 15 is 4.39 Å². The lowest BCUT2D eigenvalue weighted by atomic mass is 10.1. The summed E-state index contributed by atoms with van der Waals surface area (Å²) in [6.07, 6.45) is 0.845. The largest absolute Gasteiger partial charge is 0.494 e. The lowest BCUT2D eigenvalue weighted by Gasteiger charge is -2.17. The first-order valence-corrected chi connectivity index (χ1v) is 13.2. The Kier molecular flexibility index (Phi) is 7.37. The summed E-state index contributed by atoms with van der Waals surface area (Å²) in [6.45, 7) is -0.116. The third kappa shape index (κ3) is 5.37. The Morgan fingerprint density at radius 1 is 1.00 bits per heavy atom. The van der Waals surface area contributed by atoms with E-state index in [1.165, 1.54) is 31.4 Å². The molecule has 0 bridgehead atoms. The van der Waals surface area contributed by atoms with Gasteiger partial charge in [-0.1, -0.05) is 54.6 Å². The van der Waals surface area contributed by atoms with Crippen LogP contribution in [0.2, 0.25) is 0 Å². The summed E-state index contributed by atoms with van der Waals surface area (Å²) in [5.74, 6) is -1.06. The Balaban J connectivity index is 1.93. The minimum absolute atomic E-state index is 0.0223. The second kappa shape index (κ2) is 10.5. The fourth-order valence-corrected chi connectivity index (χ4v) is 4.96. The summed E-state index contributed by atoms with van der Waals surface area (Å²) < 4.78 is 46.5. The normalized spacial score (nSPS) is 12.3. The van der Waals surface area contributed by atoms with Crippen LogP contribution in [-0.4, -0.2) is 36.1 Å². The molecule has 0 aliphatic rings. The van der Waals surface area contributed by atoms with Crippen molar-refractivity contribution in [3.8, 4) is 11.4 Å². The molecule has 9 nitrogen and oxygen atoms in total. The predicted octanol–water partition coefficient (Wildman–Crippen LogP) is 2.24. The van der Waals surface area contributed by atoms with Crippen LogP contribution in [0.3, 0.4) is 0 Å². The quantitative estimate of drug-likeness (QED) is 0.375. The molecule has 0 amide bonds. The molecule has 0 saturated carbocycles. The summed E-state index contributed by atoms with van der Waals surface area (Å²) in [6, 6.07) is 18.6. The van der Waals surface area contributed by atoms with E-state index in [1.807, 2.05) is 6.07 Å². The molecule has 0 saturated heterocycles. The van der Waals surface area contributed by atoms with Crippen molar-refractivity contribution in [2.45, 2.75) is 23.9 Å². The second-order valence-electron chi connectivity index (χ2n) is 8.42. The number of hydrogen-bond donors (Lipinski definition) is 1. The highest BCUT2D eigenvalue weighted by Gasteiger charge is 2.22. The number of halogens is 1. The van der Waals surface area contributed by atoms with E-state index in [1.54, 1.807) is 42.5 Å². The van der Waals surface area contributed by atoms with Crippen molar-refractivity contribution in [2.24, 2.45) is 5.73 Å². The molecule has 0 aliphatic carbocycles. The predicted molar refractivity (Wildman–Crippen MR) is 136 cm³/mol. The Hall–Kier alpha value is -4.09. The van der Waals surface area contributed by atoms with Crippen LogP contribution in [0.5, 0.6) is 5.75 Å². The van der Waals surface area contributed by atoms with Crippen molar-refractivity contribution >= 4 is 9.84 Å². The van der Waals surface area contributed by atoms with Gasteiger partial charge in [0.2, 0.25) is 0 Å². The van der Waals surface area contributed by atoms with Gasteiger partial charge in [-0.15, -0.1) is 0 Å². The van der Waals surface area contributed by atoms with Crippen molar-refractivity contribution in [2.75, 3.05) is 13.4 Å². The number of sulfone groups is 1. The summed E-state index contributed by atoms with van der Waals surface area (Å²) in [4.78, 5) is 27.0. The van der Waals surface area contributed by atoms with Crippen LogP contribution < -0.4 is 21.7 Å². The maximum atomic E-state index is 15.2. The first-order chi connectivity index (χ1) is 17.6. The van der Waals surface area contributed by atoms with E-state index < -0.39 is 32.9 Å². The monoisotopic (exact) mass is 524 g/mol. The maximum absolute atomic E-state index is 15.2. The maximum Gasteiger partial charge on any atom is 0.352 e. The molecule has 3 aromatic carbocycles. The molecule has 192 valence electrons. The zero-order valence-corrected chi connectivity index (χ0v) is 21.0. The lowest BCUT2D eigenvalue weighted by Crippen LogP contribution is -2.44. The van der Waals surface area contributed by atoms with E-state index in [0.29, 0.717) is 10.1 Å². The van der Waals surface area contributed by atoms with Gasteiger partial charge < -0.3 is 10.5 Å². The Morgan fingerprint density at radius 2 is 1.68 bits per heavy atom. The molecule has 0 spiro atoms. The zero-order valence-electron chi connectivity index (χ0n) is 20.2. The zero-order chi connectivity index (χ0) is 26.7. The molecule has 0 aliphatic heterocycles. The molecule has 1 unspecified atom stereocenters. The molecular weight excluding hydrogens is 499 g/mol. The van der Waals surface area contributed by atoms with Gasteiger partial charge in [-0.3, -0.25) is 4.79 Å². The summed E-state index contributed by atoms with van der Waals surface area (Å²) in [7, 11) is -2.35. The van der Waals surface area contributed by atoms with Crippen LogP contribution in [-0.2, 0) is 22.8 Å². The SMILES string of the molecule is COc1cccc(-n2c(=O)c(Cc3ccccc3S(C)(=O)=O)nn(CC(N)c3ccccc3)c2=O)c1F. The highest BCUT2D eigenvalue weighted by Crippen LogP contribution is 2.22. The highest BCUT2D eigenvalue weighted by molar-refractivity contribution is 7.90. The van der Waals surface area contributed by atoms with Gasteiger partial charge in [0.05, 0.1) is 24.2 Å². The number of rotatable bonds is 8. The Morgan fingerprint density at radius 3 is 2.35 bits per heavy atom. The van der Waals surface area contributed by atoms with Gasteiger partial charge in [-0.25, -0.2) is 26.9 Å². The molecule has 1 atom stereocenters. The van der Waals surface area contributed by atoms with Crippen LogP contribution in [0.15, 0.2) is 87.3 Å². The lowest BCUT2D eigenvalue weighted by molar-refractivity contribution is 0.384. The van der Waals surface area contributed by atoms with Crippen LogP contribution in [0.1, 0.15) is 22.9 Å². The number of benzene rings is 3. The molecule has 0 radical (unpaired) electrons. The van der Waals surface area contributed by atoms with Crippen LogP contribution in [0.25, 0.3) is 5.69 Å². The smallest absolute Gasteiger partial charge is 0.352 e. The van der Waals surface area contributed by atoms with Crippen molar-refractivity contribution in [3.05, 3.63) is 116 Å². The summed E-state index contributed by atoms with van der Waals surface area (Å²) >= 11 is 0. The third-order valence-electron chi connectivity index (χ3n) is 5.83. The van der Waals surface area contributed by atoms with Crippen molar-refractivity contribution in [3.63, 3.8) is 0 Å². The number of methoxy groups -OCH3 is 1. The summed E-state index contributed by atoms with van der Waals surface area (Å²) in [5, 5.41) is 4.26. The van der Waals surface area contributed by atoms with E-state index in [4.69, 9.17) is 10.5 Å². The number of hydrogen-bond acceptors (Lipinski definition) is 7. The van der Waals surface area contributed by atoms with Gasteiger partial charge >= 0.3 is 5.69 Å². The highest BCUT2D eigenvalue weighted by atomic mass is 32.2. The fourth-order valence-electron chi connectivity index (χ4n) is 4.02. The van der Waals surface area contributed by atoms with Crippen molar-refractivity contribution < 1.29 is 17.5 Å². The number of nitrogens with two attached hydrogens (primary N) is 1. The standard InChI is InChI=1S/C26H25FN4O5S/c1-36-22-13-8-12-21(24(22)27)31-25(32)20(15-18-11-6-7-14-23(18)37(2,34)35)29-30(26(31)33)16-19(28)17-9-4-3-5-10-17/h3-14,19H,15-16,28H2,1-2H3. The molecule has 11 heteroatoms. The second-order valence-corrected chi connectivity index (χ2v) is 10.4. The first-order valence-electron chi connectivity index (χ1n) is 11.3. The van der Waals surface area contributed by atoms with Gasteiger partial charge in [0.25, 0.3) is 5.56 Å². The van der Waals surface area contributed by atoms with E-state index in [9.17, 15) is 18.0 Å². The average Bonchev–Trinajstić information content (AvgIpc) is 2.88. The van der Waals surface area contributed by atoms with Gasteiger partial charge in [0.1, 0.15) is 5.69 Å². The van der Waals surface area contributed by atoms with Gasteiger partial charge in [-0.2, -0.15) is 5.10 Å². The van der Waals surface area contributed by atoms with Crippen molar-refractivity contribution in [1.29, 1.82) is 0 Å². The average molecular weight is 525 g/mol. The Bertz CT molecular complexity index is 1670. The van der Waals surface area contributed by atoms with Crippen LogP contribution >= 0.6 is 0 Å². The van der Waals surface area contributed by atoms with Gasteiger partial charge in [0.15, 0.2) is 21.4 Å². The number of ether oxygens (including phenoxy) is 1. The molecule has 1 aromatic heterocycles. The molecule has 0 fully saturated rings. The molecule has 2 N–H and O–H groups in total. The van der Waals surface area contributed by atoms with Gasteiger partial charge in [-0.05, 0) is 29.3 Å². The first kappa shape index (κ1) is 26.0. The number of aromatic nitrogens is 3. The molecule has 1 heterocycles. The minimum atomic E-state index is -3.62. The van der Waals surface area contributed by atoms with E-state index in [-0.39, 0.29) is 35.0 Å². The minimum Gasteiger partial charge on any atom is -0.494 e. The van der Waals surface area contributed by atoms with E-state index in [0.717, 1.165) is 16.5 Å². The molecular formula is C26H25FN4O5S. The summed E-state index contributed by atoms with van der Waals surface area (Å²) in [5.41, 5.74) is 5.10. The van der Waals surface area contributed by atoms with Crippen LogP contribution in [0.4, 0.5) is 4.39 Å². The van der Waals surface area contributed by atoms with Gasteiger partial charge in [0, 0.05) is 18.7 Å². The third-order valence-corrected chi connectivity index (χ3v) is 7.03. The van der Waals surface area contributed by atoms with E-state index in [2.05, 4.69) is 5.10 Å². The number of nitrogens with zero attached hydrogens (tertiary/aromatic N) is 3. The topological polar surface area (TPSA) is 126 Å². The van der Waals surface area contributed by atoms with Crippen LogP contribution in [0, 0.1) is 5.82 Å². The Labute approximate surface area is 212 Å². The fraction of sp³-hybridized carbons (Fsp3) is 0.192. The molecule has 37 heavy (non-hydrogen) atoms. The van der Waals surface area contributed by atoms with Crippen molar-refractivity contribution in [1.82, 2.24) is 14.3 Å².